The predicted octanol–water partition coefficient (Wildman–Crippen LogP) is 11.5. The molecular weight excluding hydrogens is 849 g/mol. The zero-order chi connectivity index (χ0) is 47.6. The summed E-state index contributed by atoms with van der Waals surface area (Å²) in [6.45, 7) is 3.74. The molecule has 4 N–H and O–H groups in total. The highest BCUT2D eigenvalue weighted by Crippen LogP contribution is 2.24. The van der Waals surface area contributed by atoms with Crippen molar-refractivity contribution in [2.75, 3.05) is 19.0 Å². The van der Waals surface area contributed by atoms with Crippen LogP contribution < -0.4 is 0 Å². The van der Waals surface area contributed by atoms with Gasteiger partial charge in [-0.2, -0.15) is 8.42 Å². The Morgan fingerprint density at radius 1 is 0.523 bits per heavy atom. The lowest BCUT2D eigenvalue weighted by Crippen LogP contribution is -2.60. The fraction of sp³-hybridized carbons (Fsp3) is 0.808. The van der Waals surface area contributed by atoms with Crippen molar-refractivity contribution in [1.82, 2.24) is 0 Å². The Bertz CT molecular complexity index is 1380. The Morgan fingerprint density at radius 2 is 0.923 bits per heavy atom. The van der Waals surface area contributed by atoms with Crippen LogP contribution in [0, 0.1) is 0 Å². The molecule has 0 aliphatic carbocycles. The van der Waals surface area contributed by atoms with E-state index in [0.29, 0.717) is 12.8 Å². The first kappa shape index (κ1) is 60.6. The number of hydrogen-bond donors (Lipinski definition) is 4. The molecule has 1 rings (SSSR count). The summed E-state index contributed by atoms with van der Waals surface area (Å²) >= 11 is 0. The Labute approximate surface area is 394 Å². The fourth-order valence-electron chi connectivity index (χ4n) is 7.62. The Kier molecular flexibility index (Phi) is 39.0. The third-order valence-corrected chi connectivity index (χ3v) is 12.4. The minimum absolute atomic E-state index is 0.155. The van der Waals surface area contributed by atoms with E-state index >= 15 is 0 Å². The Hall–Kier alpha value is -2.39. The average molecular weight is 941 g/mol. The highest BCUT2D eigenvalue weighted by atomic mass is 32.2. The number of allylic oxidation sites excluding steroid dienone is 8. The molecule has 0 spiro atoms. The molecule has 6 unspecified atom stereocenters. The van der Waals surface area contributed by atoms with Crippen LogP contribution in [0.5, 0.6) is 0 Å². The molecule has 65 heavy (non-hydrogen) atoms. The summed E-state index contributed by atoms with van der Waals surface area (Å²) in [5.41, 5.74) is 0. The maximum Gasteiger partial charge on any atom is 0.306 e. The highest BCUT2D eigenvalue weighted by Gasteiger charge is 2.46. The smallest absolute Gasteiger partial charge is 0.306 e. The van der Waals surface area contributed by atoms with Crippen LogP contribution in [0.25, 0.3) is 0 Å². The van der Waals surface area contributed by atoms with Gasteiger partial charge in [-0.05, 0) is 77.0 Å². The van der Waals surface area contributed by atoms with Crippen LogP contribution >= 0.6 is 0 Å². The van der Waals surface area contributed by atoms with Crippen LogP contribution in [0.3, 0.4) is 0 Å². The van der Waals surface area contributed by atoms with Gasteiger partial charge in [-0.1, -0.05) is 172 Å². The molecule has 0 bridgehead atoms. The number of hydrogen-bond acceptors (Lipinski definition) is 11. The van der Waals surface area contributed by atoms with Crippen LogP contribution in [0.15, 0.2) is 48.6 Å². The number of aliphatic hydroxyl groups is 3. The second kappa shape index (κ2) is 41.8. The molecule has 1 heterocycles. The summed E-state index contributed by atoms with van der Waals surface area (Å²) < 4.78 is 54.2. The van der Waals surface area contributed by atoms with Gasteiger partial charge in [0.1, 0.15) is 36.8 Å². The van der Waals surface area contributed by atoms with E-state index in [2.05, 4.69) is 62.5 Å². The second-order valence-corrected chi connectivity index (χ2v) is 19.3. The van der Waals surface area contributed by atoms with E-state index < -0.39 is 71.2 Å². The minimum Gasteiger partial charge on any atom is -0.462 e. The Morgan fingerprint density at radius 3 is 1.37 bits per heavy atom. The van der Waals surface area contributed by atoms with Gasteiger partial charge in [0.15, 0.2) is 12.4 Å². The number of unbranched alkanes of at least 4 members (excludes halogenated alkanes) is 23. The third-order valence-electron chi connectivity index (χ3n) is 11.6. The van der Waals surface area contributed by atoms with E-state index in [1.807, 2.05) is 0 Å². The number of rotatable bonds is 43. The second-order valence-electron chi connectivity index (χ2n) is 17.8. The van der Waals surface area contributed by atoms with Crippen LogP contribution in [-0.4, -0.2) is 96.0 Å². The number of carbonyl (C=O) groups excluding carboxylic acids is 2. The summed E-state index contributed by atoms with van der Waals surface area (Å²) in [7, 11) is -4.61. The van der Waals surface area contributed by atoms with Gasteiger partial charge in [0.2, 0.25) is 0 Å². The molecule has 378 valence electrons. The lowest BCUT2D eigenvalue weighted by molar-refractivity contribution is -0.297. The van der Waals surface area contributed by atoms with Crippen molar-refractivity contribution in [3.63, 3.8) is 0 Å². The summed E-state index contributed by atoms with van der Waals surface area (Å²) in [6, 6.07) is 0. The van der Waals surface area contributed by atoms with E-state index in [1.54, 1.807) is 0 Å². The zero-order valence-electron chi connectivity index (χ0n) is 40.6. The van der Waals surface area contributed by atoms with Gasteiger partial charge >= 0.3 is 11.9 Å². The molecule has 1 aliphatic rings. The molecule has 13 heteroatoms. The molecule has 1 fully saturated rings. The molecule has 0 amide bonds. The molecule has 1 saturated heterocycles. The van der Waals surface area contributed by atoms with Crippen molar-refractivity contribution >= 4 is 22.1 Å². The highest BCUT2D eigenvalue weighted by molar-refractivity contribution is 7.85. The van der Waals surface area contributed by atoms with Crippen molar-refractivity contribution in [1.29, 1.82) is 0 Å². The molecule has 0 aromatic rings. The maximum absolute atomic E-state index is 12.9. The van der Waals surface area contributed by atoms with E-state index in [-0.39, 0.29) is 19.4 Å². The van der Waals surface area contributed by atoms with Crippen molar-refractivity contribution in [2.45, 2.75) is 250 Å². The summed E-state index contributed by atoms with van der Waals surface area (Å²) in [5, 5.41) is 31.0. The van der Waals surface area contributed by atoms with Crippen LogP contribution in [-0.2, 0) is 38.7 Å². The van der Waals surface area contributed by atoms with E-state index in [9.17, 15) is 37.9 Å². The minimum atomic E-state index is -4.61. The van der Waals surface area contributed by atoms with Crippen LogP contribution in [0.2, 0.25) is 0 Å². The summed E-state index contributed by atoms with van der Waals surface area (Å²) in [4.78, 5) is 25.5. The molecule has 12 nitrogen and oxygen atoms in total. The van der Waals surface area contributed by atoms with Crippen molar-refractivity contribution in [3.8, 4) is 0 Å². The largest absolute Gasteiger partial charge is 0.462 e. The third kappa shape index (κ3) is 36.3. The lowest BCUT2D eigenvalue weighted by Gasteiger charge is -2.40. The van der Waals surface area contributed by atoms with Gasteiger partial charge in [0.25, 0.3) is 10.1 Å². The quantitative estimate of drug-likeness (QED) is 0.0196. The van der Waals surface area contributed by atoms with Gasteiger partial charge < -0.3 is 34.3 Å². The maximum atomic E-state index is 12.9. The zero-order valence-corrected chi connectivity index (χ0v) is 41.4. The number of ether oxygens (including phenoxy) is 4. The van der Waals surface area contributed by atoms with Gasteiger partial charge in [0.05, 0.1) is 6.61 Å². The monoisotopic (exact) mass is 941 g/mol. The molecule has 0 aromatic carbocycles. The molecule has 1 aliphatic heterocycles. The molecule has 0 radical (unpaired) electrons. The number of esters is 2. The molecule has 0 aromatic heterocycles. The van der Waals surface area contributed by atoms with Crippen molar-refractivity contribution < 1.29 is 56.8 Å². The molecule has 6 atom stereocenters. The first-order valence-corrected chi connectivity index (χ1v) is 27.3. The predicted molar refractivity (Wildman–Crippen MR) is 261 cm³/mol. The van der Waals surface area contributed by atoms with E-state index in [4.69, 9.17) is 18.9 Å². The molecular formula is C52H92O12S. The first-order valence-electron chi connectivity index (χ1n) is 25.7. The number of aliphatic hydroxyl groups excluding tert-OH is 3. The van der Waals surface area contributed by atoms with E-state index in [0.717, 1.165) is 83.5 Å². The van der Waals surface area contributed by atoms with Crippen molar-refractivity contribution in [2.24, 2.45) is 0 Å². The summed E-state index contributed by atoms with van der Waals surface area (Å²) in [6.07, 6.45) is 41.4. The van der Waals surface area contributed by atoms with Crippen LogP contribution in [0.4, 0.5) is 0 Å². The normalized spacial score (nSPS) is 19.9. The average Bonchev–Trinajstić information content (AvgIpc) is 3.27. The first-order chi connectivity index (χ1) is 31.5. The number of carbonyl (C=O) groups is 2. The lowest BCUT2D eigenvalue weighted by atomic mass is 10.00. The fourth-order valence-corrected chi connectivity index (χ4v) is 8.31. The molecule has 0 saturated carbocycles. The van der Waals surface area contributed by atoms with Gasteiger partial charge in [-0.3, -0.25) is 14.1 Å². The van der Waals surface area contributed by atoms with Crippen LogP contribution in [0.1, 0.15) is 213 Å². The van der Waals surface area contributed by atoms with E-state index in [1.165, 1.54) is 89.9 Å². The summed E-state index contributed by atoms with van der Waals surface area (Å²) in [5.74, 6) is -2.00. The van der Waals surface area contributed by atoms with Gasteiger partial charge in [-0.25, -0.2) is 0 Å². The standard InChI is InChI=1S/C52H92O12S/c1-3-5-7-9-11-13-15-17-19-21-22-23-24-25-27-29-31-33-35-37-39-41-48(54)63-45(43-62-52-51(57)50(56)49(55)46(64-52)44-65(58,59)60)42-61-47(53)40-38-36-34-32-30-28-26-20-18-16-14-12-10-8-6-4-2/h14-17,20-22,26,45-46,49-52,55-57H,3-13,18-19,23-25,27-44H2,1-2H3,(H,58,59,60)/b16-14-,17-15-,22-21-,26-20-. The van der Waals surface area contributed by atoms with Crippen molar-refractivity contribution in [3.05, 3.63) is 48.6 Å². The SMILES string of the molecule is CCCCCC/C=C\C/C=C\CCCCCCCC(=O)OCC(COC1OC(CS(=O)(=O)O)C(O)C(O)C1O)OC(=O)CCCCCCCCCCC/C=C\C/C=C\CCCCCCC. The topological polar surface area (TPSA) is 186 Å². The van der Waals surface area contributed by atoms with Gasteiger partial charge in [0, 0.05) is 12.8 Å². The Balaban J connectivity index is 2.39. The van der Waals surface area contributed by atoms with Gasteiger partial charge in [-0.15, -0.1) is 0 Å².